The van der Waals surface area contributed by atoms with Crippen LogP contribution in [0, 0.1) is 0 Å². The van der Waals surface area contributed by atoms with E-state index in [1.165, 1.54) is 34.8 Å². The Balaban J connectivity index is 3.00. The van der Waals surface area contributed by atoms with Gasteiger partial charge in [0.1, 0.15) is 5.82 Å². The molecule has 0 fully saturated rings. The number of aromatic nitrogens is 2. The quantitative estimate of drug-likeness (QED) is 0.756. The highest BCUT2D eigenvalue weighted by atomic mass is 32.2. The second-order valence-electron chi connectivity index (χ2n) is 3.53. The second-order valence-corrected chi connectivity index (χ2v) is 5.55. The molecule has 0 unspecified atom stereocenters. The van der Waals surface area contributed by atoms with Crippen LogP contribution in [0.25, 0.3) is 0 Å². The summed E-state index contributed by atoms with van der Waals surface area (Å²) >= 11 is 0. The van der Waals surface area contributed by atoms with Crippen molar-refractivity contribution in [1.82, 2.24) is 13.3 Å². The van der Waals surface area contributed by atoms with Gasteiger partial charge in [-0.1, -0.05) is 13.3 Å². The molecule has 0 saturated heterocycles. The Hall–Kier alpha value is -0.880. The van der Waals surface area contributed by atoms with E-state index in [9.17, 15) is 8.42 Å². The van der Waals surface area contributed by atoms with Gasteiger partial charge in [0.25, 0.3) is 0 Å². The fourth-order valence-electron chi connectivity index (χ4n) is 1.22. The molecule has 6 heteroatoms. The second kappa shape index (κ2) is 4.76. The maximum Gasteiger partial charge on any atom is 0.308 e. The molecule has 5 nitrogen and oxygen atoms in total. The molecule has 0 atom stereocenters. The van der Waals surface area contributed by atoms with E-state index in [1.54, 1.807) is 0 Å². The first-order valence-electron chi connectivity index (χ1n) is 4.95. The van der Waals surface area contributed by atoms with Gasteiger partial charge in [-0.3, -0.25) is 0 Å². The zero-order valence-corrected chi connectivity index (χ0v) is 10.2. The van der Waals surface area contributed by atoms with Crippen molar-refractivity contribution in [1.29, 1.82) is 0 Å². The van der Waals surface area contributed by atoms with E-state index in [2.05, 4.69) is 11.9 Å². The average Bonchev–Trinajstić information content (AvgIpc) is 2.62. The predicted octanol–water partition coefficient (Wildman–Crippen LogP) is 0.880. The summed E-state index contributed by atoms with van der Waals surface area (Å²) in [4.78, 5) is 4.06. The zero-order chi connectivity index (χ0) is 11.5. The van der Waals surface area contributed by atoms with Crippen molar-refractivity contribution < 1.29 is 8.42 Å². The van der Waals surface area contributed by atoms with Crippen molar-refractivity contribution in [2.45, 2.75) is 26.2 Å². The van der Waals surface area contributed by atoms with Crippen LogP contribution in [0.15, 0.2) is 12.4 Å². The summed E-state index contributed by atoms with van der Waals surface area (Å²) in [5, 5.41) is 0. The van der Waals surface area contributed by atoms with Gasteiger partial charge in [0.15, 0.2) is 0 Å². The number of hydrogen-bond donors (Lipinski definition) is 0. The van der Waals surface area contributed by atoms with Crippen LogP contribution >= 0.6 is 0 Å². The molecule has 1 heterocycles. The number of unbranched alkanes of at least 4 members (excludes halogenated alkanes) is 1. The normalized spacial score (nSPS) is 12.3. The molecular formula is C9H17N3O2S. The molecule has 0 spiro atoms. The third-order valence-electron chi connectivity index (χ3n) is 2.14. The molecule has 0 aliphatic carbocycles. The lowest BCUT2D eigenvalue weighted by Gasteiger charge is -2.13. The van der Waals surface area contributed by atoms with E-state index in [4.69, 9.17) is 0 Å². The largest absolute Gasteiger partial charge is 0.308 e. The molecule has 0 radical (unpaired) electrons. The molecule has 86 valence electrons. The summed E-state index contributed by atoms with van der Waals surface area (Å²) in [7, 11) is -0.381. The molecule has 0 aromatic carbocycles. The smallest absolute Gasteiger partial charge is 0.241 e. The van der Waals surface area contributed by atoms with E-state index < -0.39 is 10.2 Å². The lowest BCUT2D eigenvalue weighted by Crippen LogP contribution is -2.29. The lowest BCUT2D eigenvalue weighted by atomic mass is 10.2. The van der Waals surface area contributed by atoms with Crippen molar-refractivity contribution in [3.63, 3.8) is 0 Å². The molecule has 0 aliphatic rings. The molecule has 0 amide bonds. The number of imidazole rings is 1. The minimum atomic E-state index is -3.41. The molecular weight excluding hydrogens is 214 g/mol. The Kier molecular flexibility index (Phi) is 3.87. The monoisotopic (exact) mass is 231 g/mol. The topological polar surface area (TPSA) is 55.2 Å². The summed E-state index contributed by atoms with van der Waals surface area (Å²) in [5.41, 5.74) is 0. The first-order valence-corrected chi connectivity index (χ1v) is 6.35. The molecule has 0 bridgehead atoms. The van der Waals surface area contributed by atoms with Gasteiger partial charge >= 0.3 is 10.2 Å². The number of hydrogen-bond acceptors (Lipinski definition) is 3. The van der Waals surface area contributed by atoms with Crippen LogP contribution in [0.4, 0.5) is 0 Å². The lowest BCUT2D eigenvalue weighted by molar-refractivity contribution is 0.507. The highest BCUT2D eigenvalue weighted by molar-refractivity contribution is 7.87. The van der Waals surface area contributed by atoms with Crippen molar-refractivity contribution in [2.75, 3.05) is 14.1 Å². The third kappa shape index (κ3) is 2.57. The molecule has 1 rings (SSSR count). The standard InChI is InChI=1S/C9H17N3O2S/c1-4-5-6-9-10-7-8-12(9)15(13,14)11(2)3/h7-8H,4-6H2,1-3H3. The molecule has 0 aliphatic heterocycles. The summed E-state index contributed by atoms with van der Waals surface area (Å²) in [6, 6.07) is 0. The van der Waals surface area contributed by atoms with Gasteiger partial charge in [0, 0.05) is 32.9 Å². The van der Waals surface area contributed by atoms with Crippen molar-refractivity contribution >= 4 is 10.2 Å². The molecule has 1 aromatic rings. The van der Waals surface area contributed by atoms with Crippen LogP contribution in [-0.4, -0.2) is 35.8 Å². The highest BCUT2D eigenvalue weighted by Crippen LogP contribution is 2.08. The van der Waals surface area contributed by atoms with Crippen LogP contribution in [0.1, 0.15) is 25.6 Å². The van der Waals surface area contributed by atoms with E-state index in [-0.39, 0.29) is 0 Å². The maximum absolute atomic E-state index is 11.8. The molecule has 0 N–H and O–H groups in total. The van der Waals surface area contributed by atoms with Gasteiger partial charge in [-0.05, 0) is 6.42 Å². The van der Waals surface area contributed by atoms with E-state index >= 15 is 0 Å². The van der Waals surface area contributed by atoms with Crippen LogP contribution in [-0.2, 0) is 16.6 Å². The number of nitrogens with zero attached hydrogens (tertiary/aromatic N) is 3. The summed E-state index contributed by atoms with van der Waals surface area (Å²) in [6.45, 7) is 2.06. The predicted molar refractivity (Wildman–Crippen MR) is 58.8 cm³/mol. The Morgan fingerprint density at radius 2 is 2.13 bits per heavy atom. The van der Waals surface area contributed by atoms with Crippen molar-refractivity contribution in [2.24, 2.45) is 0 Å². The van der Waals surface area contributed by atoms with E-state index in [0.29, 0.717) is 12.2 Å². The fraction of sp³-hybridized carbons (Fsp3) is 0.667. The Morgan fingerprint density at radius 3 is 2.67 bits per heavy atom. The highest BCUT2D eigenvalue weighted by Gasteiger charge is 2.18. The van der Waals surface area contributed by atoms with Gasteiger partial charge < -0.3 is 0 Å². The summed E-state index contributed by atoms with van der Waals surface area (Å²) in [6.07, 6.45) is 5.66. The Labute approximate surface area is 90.9 Å². The van der Waals surface area contributed by atoms with E-state index in [0.717, 1.165) is 12.8 Å². The Morgan fingerprint density at radius 1 is 1.47 bits per heavy atom. The SMILES string of the molecule is CCCCc1nccn1S(=O)(=O)N(C)C. The first kappa shape index (κ1) is 12.2. The summed E-state index contributed by atoms with van der Waals surface area (Å²) in [5.74, 6) is 0.602. The van der Waals surface area contributed by atoms with Gasteiger partial charge in [-0.2, -0.15) is 12.7 Å². The summed E-state index contributed by atoms with van der Waals surface area (Å²) < 4.78 is 26.1. The molecule has 1 aromatic heterocycles. The van der Waals surface area contributed by atoms with Gasteiger partial charge in [-0.15, -0.1) is 0 Å². The third-order valence-corrected chi connectivity index (χ3v) is 3.90. The van der Waals surface area contributed by atoms with Crippen LogP contribution in [0.3, 0.4) is 0 Å². The fourth-order valence-corrected chi connectivity index (χ4v) is 2.18. The average molecular weight is 231 g/mol. The number of aryl methyl sites for hydroxylation is 1. The maximum atomic E-state index is 11.8. The van der Waals surface area contributed by atoms with Gasteiger partial charge in [0.2, 0.25) is 0 Å². The zero-order valence-electron chi connectivity index (χ0n) is 9.34. The van der Waals surface area contributed by atoms with Gasteiger partial charge in [0.05, 0.1) is 0 Å². The minimum absolute atomic E-state index is 0.602. The minimum Gasteiger partial charge on any atom is -0.241 e. The first-order chi connectivity index (χ1) is 7.00. The van der Waals surface area contributed by atoms with Crippen molar-refractivity contribution in [3.05, 3.63) is 18.2 Å². The van der Waals surface area contributed by atoms with Gasteiger partial charge in [-0.25, -0.2) is 8.96 Å². The Bertz CT molecular complexity index is 409. The molecule has 0 saturated carbocycles. The van der Waals surface area contributed by atoms with Crippen molar-refractivity contribution in [3.8, 4) is 0 Å². The number of rotatable bonds is 5. The van der Waals surface area contributed by atoms with E-state index in [1.807, 2.05) is 0 Å². The van der Waals surface area contributed by atoms with Crippen LogP contribution in [0.2, 0.25) is 0 Å². The van der Waals surface area contributed by atoms with Crippen LogP contribution in [0.5, 0.6) is 0 Å². The van der Waals surface area contributed by atoms with Crippen LogP contribution < -0.4 is 0 Å². The molecule has 15 heavy (non-hydrogen) atoms.